The van der Waals surface area contributed by atoms with Crippen LogP contribution in [0.2, 0.25) is 5.02 Å². The average molecular weight is 300 g/mol. The summed E-state index contributed by atoms with van der Waals surface area (Å²) < 4.78 is 14.8. The van der Waals surface area contributed by atoms with Crippen molar-refractivity contribution in [3.63, 3.8) is 0 Å². The molecule has 1 aliphatic rings. The Kier molecular flexibility index (Phi) is 3.87. The van der Waals surface area contributed by atoms with Gasteiger partial charge in [0, 0.05) is 10.6 Å². The highest BCUT2D eigenvalue weighted by Crippen LogP contribution is 2.45. The molecule has 7 heteroatoms. The van der Waals surface area contributed by atoms with Crippen LogP contribution >= 0.6 is 11.6 Å². The third-order valence-electron chi connectivity index (χ3n) is 3.25. The Balaban J connectivity index is 2.46. The van der Waals surface area contributed by atoms with Crippen LogP contribution in [0.3, 0.4) is 0 Å². The molecule has 0 spiro atoms. The minimum Gasteiger partial charge on any atom is -0.469 e. The molecular formula is C13H14ClNO5. The second-order valence-electron chi connectivity index (χ2n) is 4.40. The molecule has 0 saturated heterocycles. The summed E-state index contributed by atoms with van der Waals surface area (Å²) in [5.41, 5.74) is 4.82. The summed E-state index contributed by atoms with van der Waals surface area (Å²) in [5, 5.41) is 0.455. The van der Waals surface area contributed by atoms with Crippen molar-refractivity contribution < 1.29 is 23.8 Å². The number of methoxy groups -OCH3 is 2. The van der Waals surface area contributed by atoms with E-state index in [4.69, 9.17) is 22.1 Å². The lowest BCUT2D eigenvalue weighted by Crippen LogP contribution is -2.55. The van der Waals surface area contributed by atoms with E-state index in [-0.39, 0.29) is 6.42 Å². The van der Waals surface area contributed by atoms with Gasteiger partial charge in [0.25, 0.3) is 5.72 Å². The molecule has 1 aliphatic heterocycles. The van der Waals surface area contributed by atoms with E-state index in [2.05, 4.69) is 9.47 Å². The summed E-state index contributed by atoms with van der Waals surface area (Å²) in [6, 6.07) is 4.82. The second-order valence-corrected chi connectivity index (χ2v) is 4.84. The highest BCUT2D eigenvalue weighted by molar-refractivity contribution is 6.30. The predicted molar refractivity (Wildman–Crippen MR) is 70.4 cm³/mol. The van der Waals surface area contributed by atoms with Gasteiger partial charge in [-0.2, -0.15) is 0 Å². The molecule has 0 aromatic heterocycles. The first kappa shape index (κ1) is 14.6. The molecule has 0 amide bonds. The van der Waals surface area contributed by atoms with Gasteiger partial charge >= 0.3 is 11.9 Å². The molecule has 1 aromatic rings. The smallest absolute Gasteiger partial charge is 0.366 e. The summed E-state index contributed by atoms with van der Waals surface area (Å²) in [6.07, 6.45) is -0.116. The summed E-state index contributed by atoms with van der Waals surface area (Å²) >= 11 is 5.94. The predicted octanol–water partition coefficient (Wildman–Crippen LogP) is 1.21. The van der Waals surface area contributed by atoms with Crippen LogP contribution in [-0.4, -0.2) is 31.9 Å². The first-order valence-corrected chi connectivity index (χ1v) is 6.22. The lowest BCUT2D eigenvalue weighted by Gasteiger charge is -2.26. The molecule has 20 heavy (non-hydrogen) atoms. The Labute approximate surface area is 120 Å². The highest BCUT2D eigenvalue weighted by atomic mass is 35.5. The molecule has 108 valence electrons. The van der Waals surface area contributed by atoms with E-state index in [1.807, 2.05) is 0 Å². The summed E-state index contributed by atoms with van der Waals surface area (Å²) in [6.45, 7) is 0. The van der Waals surface area contributed by atoms with Gasteiger partial charge in [-0.25, -0.2) is 4.79 Å². The highest BCUT2D eigenvalue weighted by Gasteiger charge is 2.53. The maximum atomic E-state index is 11.9. The van der Waals surface area contributed by atoms with E-state index >= 15 is 0 Å². The Morgan fingerprint density at radius 1 is 1.40 bits per heavy atom. The maximum absolute atomic E-state index is 11.9. The van der Waals surface area contributed by atoms with Crippen molar-refractivity contribution in [3.05, 3.63) is 28.8 Å². The summed E-state index contributed by atoms with van der Waals surface area (Å²) in [5.74, 6) is -1.60. The number of ether oxygens (including phenoxy) is 3. The summed E-state index contributed by atoms with van der Waals surface area (Å²) in [7, 11) is 2.46. The van der Waals surface area contributed by atoms with Gasteiger partial charge in [-0.1, -0.05) is 11.6 Å². The molecule has 1 aromatic carbocycles. The molecule has 0 radical (unpaired) electrons. The van der Waals surface area contributed by atoms with Gasteiger partial charge in [-0.15, -0.1) is 0 Å². The van der Waals surface area contributed by atoms with E-state index in [9.17, 15) is 9.59 Å². The van der Waals surface area contributed by atoms with Crippen molar-refractivity contribution in [3.8, 4) is 5.75 Å². The largest absolute Gasteiger partial charge is 0.469 e. The van der Waals surface area contributed by atoms with E-state index < -0.39 is 23.6 Å². The minimum atomic E-state index is -1.77. The Hall–Kier alpha value is -1.79. The maximum Gasteiger partial charge on any atom is 0.366 e. The zero-order valence-electron chi connectivity index (χ0n) is 11.0. The monoisotopic (exact) mass is 299 g/mol. The van der Waals surface area contributed by atoms with Crippen molar-refractivity contribution in [1.82, 2.24) is 0 Å². The van der Waals surface area contributed by atoms with Crippen molar-refractivity contribution in [2.45, 2.75) is 18.1 Å². The number of rotatable bonds is 3. The van der Waals surface area contributed by atoms with Gasteiger partial charge in [-0.05, 0) is 18.2 Å². The molecule has 6 nitrogen and oxygen atoms in total. The van der Waals surface area contributed by atoms with E-state index in [0.29, 0.717) is 16.3 Å². The number of esters is 2. The molecule has 2 N–H and O–H groups in total. The fraction of sp³-hybridized carbons (Fsp3) is 0.385. The zero-order valence-corrected chi connectivity index (χ0v) is 11.8. The van der Waals surface area contributed by atoms with Gasteiger partial charge in [0.15, 0.2) is 0 Å². The van der Waals surface area contributed by atoms with Gasteiger partial charge in [0.1, 0.15) is 5.75 Å². The number of carbonyl (C=O) groups is 2. The summed E-state index contributed by atoms with van der Waals surface area (Å²) in [4.78, 5) is 23.5. The van der Waals surface area contributed by atoms with Crippen molar-refractivity contribution in [1.29, 1.82) is 0 Å². The second kappa shape index (κ2) is 5.30. The van der Waals surface area contributed by atoms with E-state index in [1.165, 1.54) is 14.2 Å². The Bertz CT molecular complexity index is 562. The molecule has 0 saturated carbocycles. The van der Waals surface area contributed by atoms with Crippen LogP contribution in [-0.2, 0) is 19.1 Å². The van der Waals surface area contributed by atoms with Crippen molar-refractivity contribution in [2.75, 3.05) is 14.2 Å². The Morgan fingerprint density at radius 3 is 2.70 bits per heavy atom. The van der Waals surface area contributed by atoms with Gasteiger partial charge < -0.3 is 14.2 Å². The SMILES string of the molecule is COC(=O)C[C@@H]1c2cc(Cl)ccc2O[C@@]1(N)C(=O)OC. The van der Waals surface area contributed by atoms with Crippen LogP contribution < -0.4 is 10.5 Å². The fourth-order valence-corrected chi connectivity index (χ4v) is 2.40. The molecule has 2 rings (SSSR count). The van der Waals surface area contributed by atoms with Crippen molar-refractivity contribution in [2.24, 2.45) is 5.73 Å². The molecule has 1 heterocycles. The number of hydrogen-bond acceptors (Lipinski definition) is 6. The molecule has 2 atom stereocenters. The van der Waals surface area contributed by atoms with Gasteiger partial charge in [0.2, 0.25) is 0 Å². The van der Waals surface area contributed by atoms with Gasteiger partial charge in [-0.3, -0.25) is 10.5 Å². The number of halogens is 1. The number of benzene rings is 1. The first-order valence-electron chi connectivity index (χ1n) is 5.85. The zero-order chi connectivity index (χ0) is 14.9. The topological polar surface area (TPSA) is 87.9 Å². The van der Waals surface area contributed by atoms with Crippen molar-refractivity contribution >= 4 is 23.5 Å². The van der Waals surface area contributed by atoms with E-state index in [0.717, 1.165) is 0 Å². The van der Waals surface area contributed by atoms with Crippen LogP contribution in [0.15, 0.2) is 18.2 Å². The number of fused-ring (bicyclic) bond motifs is 1. The lowest BCUT2D eigenvalue weighted by molar-refractivity contribution is -0.160. The van der Waals surface area contributed by atoms with Crippen LogP contribution in [0.5, 0.6) is 5.75 Å². The minimum absolute atomic E-state index is 0.116. The molecular weight excluding hydrogens is 286 g/mol. The standard InChI is InChI=1S/C13H14ClNO5/c1-18-11(16)6-9-8-5-7(14)3-4-10(8)20-13(9,15)12(17)19-2/h3-5,9H,6,15H2,1-2H3/t9-,13-/m1/s1. The third kappa shape index (κ3) is 2.32. The lowest BCUT2D eigenvalue weighted by atomic mass is 9.88. The fourth-order valence-electron chi connectivity index (χ4n) is 2.22. The molecule has 0 fully saturated rings. The van der Waals surface area contributed by atoms with Gasteiger partial charge in [0.05, 0.1) is 26.6 Å². The quantitative estimate of drug-likeness (QED) is 0.844. The normalized spacial score (nSPS) is 23.7. The Morgan fingerprint density at radius 2 is 2.10 bits per heavy atom. The first-order chi connectivity index (χ1) is 9.42. The number of carbonyl (C=O) groups excluding carboxylic acids is 2. The number of nitrogens with two attached hydrogens (primary N) is 1. The van der Waals surface area contributed by atoms with Crippen LogP contribution in [0, 0.1) is 0 Å². The van der Waals surface area contributed by atoms with Crippen LogP contribution in [0.25, 0.3) is 0 Å². The third-order valence-corrected chi connectivity index (χ3v) is 3.48. The molecule has 0 aliphatic carbocycles. The molecule has 0 bridgehead atoms. The van der Waals surface area contributed by atoms with Crippen LogP contribution in [0.4, 0.5) is 0 Å². The average Bonchev–Trinajstić information content (AvgIpc) is 2.71. The van der Waals surface area contributed by atoms with E-state index in [1.54, 1.807) is 18.2 Å². The number of hydrogen-bond donors (Lipinski definition) is 1. The van der Waals surface area contributed by atoms with Crippen LogP contribution in [0.1, 0.15) is 17.9 Å². The molecule has 0 unspecified atom stereocenters.